The first-order chi connectivity index (χ1) is 9.56. The van der Waals surface area contributed by atoms with Crippen LogP contribution in [0.15, 0.2) is 6.07 Å². The number of hydrogen-bond acceptors (Lipinski definition) is 4. The van der Waals surface area contributed by atoms with E-state index in [4.69, 9.17) is 4.74 Å². The van der Waals surface area contributed by atoms with Crippen molar-refractivity contribution in [3.63, 3.8) is 0 Å². The Balaban J connectivity index is 2.05. The number of methoxy groups -OCH3 is 1. The van der Waals surface area contributed by atoms with Gasteiger partial charge >= 0.3 is 5.97 Å². The van der Waals surface area contributed by atoms with Crippen molar-refractivity contribution in [1.82, 2.24) is 4.90 Å². The fourth-order valence-corrected chi connectivity index (χ4v) is 3.64. The molecule has 1 aromatic rings. The lowest BCUT2D eigenvalue weighted by Gasteiger charge is -2.14. The Kier molecular flexibility index (Phi) is 4.81. The van der Waals surface area contributed by atoms with Gasteiger partial charge in [0.15, 0.2) is 0 Å². The highest BCUT2D eigenvalue weighted by molar-refractivity contribution is 7.14. The summed E-state index contributed by atoms with van der Waals surface area (Å²) in [5.74, 6) is -0.332. The molecular weight excluding hydrogens is 274 g/mol. The van der Waals surface area contributed by atoms with E-state index in [0.717, 1.165) is 17.7 Å². The van der Waals surface area contributed by atoms with Gasteiger partial charge in [0.1, 0.15) is 0 Å². The smallest absolute Gasteiger partial charge is 0.310 e. The van der Waals surface area contributed by atoms with Crippen molar-refractivity contribution in [3.8, 4) is 0 Å². The van der Waals surface area contributed by atoms with Gasteiger partial charge in [-0.3, -0.25) is 9.59 Å². The van der Waals surface area contributed by atoms with Crippen LogP contribution in [0.3, 0.4) is 0 Å². The second-order valence-electron chi connectivity index (χ2n) is 5.20. The van der Waals surface area contributed by atoms with Gasteiger partial charge in [0.25, 0.3) is 5.91 Å². The summed E-state index contributed by atoms with van der Waals surface area (Å²) in [6.45, 7) is 5.32. The summed E-state index contributed by atoms with van der Waals surface area (Å²) >= 11 is 1.56. The molecule has 1 aromatic heterocycles. The van der Waals surface area contributed by atoms with Crippen LogP contribution in [-0.4, -0.2) is 37.0 Å². The van der Waals surface area contributed by atoms with Crippen LogP contribution >= 0.6 is 11.3 Å². The molecule has 5 heteroatoms. The van der Waals surface area contributed by atoms with E-state index in [1.807, 2.05) is 6.07 Å². The van der Waals surface area contributed by atoms with Crippen LogP contribution in [0.5, 0.6) is 0 Å². The lowest BCUT2D eigenvalue weighted by Crippen LogP contribution is -2.29. The van der Waals surface area contributed by atoms with E-state index in [1.54, 1.807) is 16.2 Å². The fraction of sp³-hybridized carbons (Fsp3) is 0.600. The number of esters is 1. The van der Waals surface area contributed by atoms with Crippen molar-refractivity contribution in [1.29, 1.82) is 0 Å². The molecule has 1 atom stereocenters. The molecule has 1 aliphatic rings. The Hall–Kier alpha value is -1.36. The topological polar surface area (TPSA) is 46.6 Å². The van der Waals surface area contributed by atoms with E-state index in [9.17, 15) is 9.59 Å². The van der Waals surface area contributed by atoms with E-state index in [2.05, 4.69) is 13.8 Å². The lowest BCUT2D eigenvalue weighted by atomic mass is 10.1. The molecule has 20 heavy (non-hydrogen) atoms. The molecular formula is C15H21NO3S. The summed E-state index contributed by atoms with van der Waals surface area (Å²) in [4.78, 5) is 27.7. The summed E-state index contributed by atoms with van der Waals surface area (Å²) in [5, 5.41) is 0. The third kappa shape index (κ3) is 3.03. The van der Waals surface area contributed by atoms with Crippen LogP contribution in [0.2, 0.25) is 0 Å². The Bertz CT molecular complexity index is 509. The third-order valence-corrected chi connectivity index (χ3v) is 4.84. The maximum absolute atomic E-state index is 12.5. The molecule has 0 spiro atoms. The van der Waals surface area contributed by atoms with Crippen LogP contribution < -0.4 is 0 Å². The summed E-state index contributed by atoms with van der Waals surface area (Å²) in [5.41, 5.74) is 1.27. The predicted molar refractivity (Wildman–Crippen MR) is 79.1 cm³/mol. The van der Waals surface area contributed by atoms with Gasteiger partial charge in [-0.2, -0.15) is 0 Å². The molecule has 1 aliphatic heterocycles. The number of nitrogens with zero attached hydrogens (tertiary/aromatic N) is 1. The quantitative estimate of drug-likeness (QED) is 0.802. The van der Waals surface area contributed by atoms with Gasteiger partial charge in [0.05, 0.1) is 17.9 Å². The first-order valence-corrected chi connectivity index (χ1v) is 7.84. The molecule has 1 saturated heterocycles. The second-order valence-corrected chi connectivity index (χ2v) is 6.46. The van der Waals surface area contributed by atoms with Gasteiger partial charge in [-0.25, -0.2) is 0 Å². The highest BCUT2D eigenvalue weighted by Gasteiger charge is 2.32. The molecule has 2 heterocycles. The Morgan fingerprint density at radius 3 is 2.90 bits per heavy atom. The molecule has 0 saturated carbocycles. The first kappa shape index (κ1) is 15.0. The molecule has 1 amide bonds. The maximum Gasteiger partial charge on any atom is 0.310 e. The molecule has 4 nitrogen and oxygen atoms in total. The van der Waals surface area contributed by atoms with Gasteiger partial charge in [-0.15, -0.1) is 11.3 Å². The average Bonchev–Trinajstić information content (AvgIpc) is 3.05. The Morgan fingerprint density at radius 2 is 2.25 bits per heavy atom. The molecule has 1 fully saturated rings. The van der Waals surface area contributed by atoms with Crippen molar-refractivity contribution in [2.45, 2.75) is 33.1 Å². The van der Waals surface area contributed by atoms with E-state index in [1.165, 1.54) is 17.6 Å². The van der Waals surface area contributed by atoms with E-state index in [0.29, 0.717) is 19.5 Å². The molecule has 110 valence electrons. The molecule has 0 radical (unpaired) electrons. The maximum atomic E-state index is 12.5. The summed E-state index contributed by atoms with van der Waals surface area (Å²) in [6.07, 6.45) is 2.80. The number of hydrogen-bond donors (Lipinski definition) is 0. The van der Waals surface area contributed by atoms with Gasteiger partial charge in [-0.05, 0) is 31.4 Å². The van der Waals surface area contributed by atoms with Crippen molar-refractivity contribution >= 4 is 23.2 Å². The largest absolute Gasteiger partial charge is 0.469 e. The molecule has 0 aliphatic carbocycles. The van der Waals surface area contributed by atoms with Gasteiger partial charge < -0.3 is 9.64 Å². The summed E-state index contributed by atoms with van der Waals surface area (Å²) < 4.78 is 4.75. The van der Waals surface area contributed by atoms with Crippen molar-refractivity contribution in [3.05, 3.63) is 21.4 Å². The number of carbonyl (C=O) groups excluding carboxylic acids is 2. The standard InChI is InChI=1S/C15H21NO3S/c1-4-5-11-8-13(20-10(11)2)14(17)16-7-6-12(9-16)15(18)19-3/h8,12H,4-7,9H2,1-3H3. The zero-order chi connectivity index (χ0) is 14.7. The van der Waals surface area contributed by atoms with Gasteiger partial charge in [0, 0.05) is 18.0 Å². The second kappa shape index (κ2) is 6.39. The molecule has 0 bridgehead atoms. The van der Waals surface area contributed by atoms with Gasteiger partial charge in [0.2, 0.25) is 0 Å². The minimum Gasteiger partial charge on any atom is -0.469 e. The Morgan fingerprint density at radius 1 is 1.50 bits per heavy atom. The molecule has 2 rings (SSSR count). The Labute approximate surface area is 123 Å². The SMILES string of the molecule is CCCc1cc(C(=O)N2CCC(C(=O)OC)C2)sc1C. The minimum absolute atomic E-state index is 0.0480. The van der Waals surface area contributed by atoms with Crippen LogP contribution in [0.4, 0.5) is 0 Å². The zero-order valence-electron chi connectivity index (χ0n) is 12.3. The van der Waals surface area contributed by atoms with Crippen LogP contribution in [0.1, 0.15) is 39.9 Å². The highest BCUT2D eigenvalue weighted by Crippen LogP contribution is 2.26. The highest BCUT2D eigenvalue weighted by atomic mass is 32.1. The minimum atomic E-state index is -0.214. The monoisotopic (exact) mass is 295 g/mol. The van der Waals surface area contributed by atoms with Crippen molar-refractivity contribution in [2.24, 2.45) is 5.92 Å². The number of carbonyl (C=O) groups is 2. The molecule has 0 aromatic carbocycles. The molecule has 0 N–H and O–H groups in total. The number of thiophene rings is 1. The normalized spacial score (nSPS) is 18.4. The average molecular weight is 295 g/mol. The lowest BCUT2D eigenvalue weighted by molar-refractivity contribution is -0.144. The summed E-state index contributed by atoms with van der Waals surface area (Å²) in [7, 11) is 1.40. The van der Waals surface area contributed by atoms with Crippen LogP contribution in [0, 0.1) is 12.8 Å². The van der Waals surface area contributed by atoms with E-state index >= 15 is 0 Å². The van der Waals surface area contributed by atoms with Crippen molar-refractivity contribution < 1.29 is 14.3 Å². The van der Waals surface area contributed by atoms with Crippen LogP contribution in [0.25, 0.3) is 0 Å². The van der Waals surface area contributed by atoms with E-state index < -0.39 is 0 Å². The predicted octanol–water partition coefficient (Wildman–Crippen LogP) is 2.64. The van der Waals surface area contributed by atoms with Crippen molar-refractivity contribution in [2.75, 3.05) is 20.2 Å². The molecule has 1 unspecified atom stereocenters. The number of aryl methyl sites for hydroxylation is 2. The number of amides is 1. The third-order valence-electron chi connectivity index (χ3n) is 3.76. The first-order valence-electron chi connectivity index (χ1n) is 7.03. The number of ether oxygens (including phenoxy) is 1. The van der Waals surface area contributed by atoms with Crippen LogP contribution in [-0.2, 0) is 16.0 Å². The summed E-state index contributed by atoms with van der Waals surface area (Å²) in [6, 6.07) is 2.01. The zero-order valence-corrected chi connectivity index (χ0v) is 13.1. The fourth-order valence-electron chi connectivity index (χ4n) is 2.60. The number of rotatable bonds is 4. The van der Waals surface area contributed by atoms with Gasteiger partial charge in [-0.1, -0.05) is 13.3 Å². The number of likely N-dealkylation sites (tertiary alicyclic amines) is 1. The van der Waals surface area contributed by atoms with E-state index in [-0.39, 0.29) is 17.8 Å².